The molecular formula is C11H15NO4S. The van der Waals surface area contributed by atoms with Gasteiger partial charge >= 0.3 is 0 Å². The minimum atomic E-state index is -0.648. The zero-order chi connectivity index (χ0) is 13.0. The largest absolute Gasteiger partial charge is 0.346 e. The summed E-state index contributed by atoms with van der Waals surface area (Å²) < 4.78 is 0. The highest BCUT2D eigenvalue weighted by atomic mass is 32.2. The zero-order valence-electron chi connectivity index (χ0n) is 9.82. The van der Waals surface area contributed by atoms with Crippen LogP contribution in [0.3, 0.4) is 0 Å². The fourth-order valence-corrected chi connectivity index (χ4v) is 2.88. The second-order valence-corrected chi connectivity index (χ2v) is 5.15. The highest BCUT2D eigenvalue weighted by Gasteiger charge is 2.34. The Labute approximate surface area is 104 Å². The van der Waals surface area contributed by atoms with Gasteiger partial charge in [0.25, 0.3) is 0 Å². The second kappa shape index (κ2) is 5.95. The minimum Gasteiger partial charge on any atom is -0.346 e. The summed E-state index contributed by atoms with van der Waals surface area (Å²) in [5.41, 5.74) is 0. The summed E-state index contributed by atoms with van der Waals surface area (Å²) in [5, 5.41) is 1.85. The average molecular weight is 257 g/mol. The van der Waals surface area contributed by atoms with Crippen LogP contribution in [0.1, 0.15) is 26.7 Å². The van der Waals surface area contributed by atoms with Gasteiger partial charge in [0.2, 0.25) is 5.91 Å². The van der Waals surface area contributed by atoms with Crippen LogP contribution in [-0.2, 0) is 19.2 Å². The standard InChI is InChI=1S/C11H15NO4S/c1-6(13)8(12-7(2)14)5-17-11-9(15)3-4-10(11)16/h8,11H,3-5H2,1-2H3,(H,12,14). The summed E-state index contributed by atoms with van der Waals surface area (Å²) in [6.45, 7) is 2.70. The molecule has 1 N–H and O–H groups in total. The van der Waals surface area contributed by atoms with E-state index in [4.69, 9.17) is 0 Å². The lowest BCUT2D eigenvalue weighted by atomic mass is 10.2. The Hall–Kier alpha value is -1.17. The lowest BCUT2D eigenvalue weighted by Gasteiger charge is -2.15. The monoisotopic (exact) mass is 257 g/mol. The smallest absolute Gasteiger partial charge is 0.217 e. The van der Waals surface area contributed by atoms with Crippen molar-refractivity contribution in [3.05, 3.63) is 0 Å². The first kappa shape index (κ1) is 13.9. The lowest BCUT2D eigenvalue weighted by Crippen LogP contribution is -2.41. The molecule has 1 saturated carbocycles. The molecule has 1 fully saturated rings. The second-order valence-electron chi connectivity index (χ2n) is 4.01. The van der Waals surface area contributed by atoms with Gasteiger partial charge in [-0.3, -0.25) is 19.2 Å². The van der Waals surface area contributed by atoms with Gasteiger partial charge in [-0.1, -0.05) is 0 Å². The van der Waals surface area contributed by atoms with E-state index in [1.54, 1.807) is 0 Å². The van der Waals surface area contributed by atoms with E-state index in [2.05, 4.69) is 5.32 Å². The van der Waals surface area contributed by atoms with Gasteiger partial charge in [-0.25, -0.2) is 0 Å². The molecule has 0 aliphatic heterocycles. The molecule has 0 bridgehead atoms. The summed E-state index contributed by atoms with van der Waals surface area (Å²) in [7, 11) is 0. The fraction of sp³-hybridized carbons (Fsp3) is 0.636. The van der Waals surface area contributed by atoms with Crippen molar-refractivity contribution in [3.63, 3.8) is 0 Å². The van der Waals surface area contributed by atoms with Gasteiger partial charge in [0, 0.05) is 25.5 Å². The molecule has 6 heteroatoms. The number of hydrogen-bond donors (Lipinski definition) is 1. The number of rotatable bonds is 5. The van der Waals surface area contributed by atoms with Crippen LogP contribution >= 0.6 is 11.8 Å². The molecule has 1 aliphatic rings. The predicted molar refractivity (Wildman–Crippen MR) is 63.8 cm³/mol. The van der Waals surface area contributed by atoms with Crippen molar-refractivity contribution in [1.29, 1.82) is 0 Å². The molecular weight excluding hydrogens is 242 g/mol. The van der Waals surface area contributed by atoms with Crippen LogP contribution in [0.25, 0.3) is 0 Å². The molecule has 1 atom stereocenters. The molecule has 1 amide bonds. The third-order valence-corrected chi connectivity index (χ3v) is 3.89. The Morgan fingerprint density at radius 1 is 1.29 bits per heavy atom. The van der Waals surface area contributed by atoms with E-state index in [1.165, 1.54) is 13.8 Å². The summed E-state index contributed by atoms with van der Waals surface area (Å²) >= 11 is 1.14. The molecule has 0 saturated heterocycles. The Morgan fingerprint density at radius 3 is 2.24 bits per heavy atom. The van der Waals surface area contributed by atoms with Crippen LogP contribution in [0.2, 0.25) is 0 Å². The van der Waals surface area contributed by atoms with Crippen LogP contribution in [0.4, 0.5) is 0 Å². The maximum Gasteiger partial charge on any atom is 0.217 e. The molecule has 1 rings (SSSR count). The molecule has 0 aromatic rings. The van der Waals surface area contributed by atoms with Crippen LogP contribution in [0.15, 0.2) is 0 Å². The van der Waals surface area contributed by atoms with E-state index in [0.29, 0.717) is 12.8 Å². The molecule has 1 unspecified atom stereocenters. The summed E-state index contributed by atoms with van der Waals surface area (Å²) in [6, 6.07) is -0.626. The number of thioether (sulfide) groups is 1. The Balaban J connectivity index is 2.51. The SMILES string of the molecule is CC(=O)NC(CSC1C(=O)CCC1=O)C(C)=O. The molecule has 0 radical (unpaired) electrons. The molecule has 0 aromatic carbocycles. The molecule has 1 aliphatic carbocycles. The molecule has 0 heterocycles. The third-order valence-electron chi connectivity index (χ3n) is 2.50. The van der Waals surface area contributed by atoms with Gasteiger partial charge in [-0.15, -0.1) is 11.8 Å². The molecule has 0 spiro atoms. The van der Waals surface area contributed by atoms with Gasteiger partial charge in [-0.05, 0) is 6.92 Å². The van der Waals surface area contributed by atoms with E-state index in [9.17, 15) is 19.2 Å². The van der Waals surface area contributed by atoms with E-state index in [0.717, 1.165) is 11.8 Å². The maximum atomic E-state index is 11.4. The minimum absolute atomic E-state index is 0.0786. The first-order valence-electron chi connectivity index (χ1n) is 5.36. The van der Waals surface area contributed by atoms with Crippen molar-refractivity contribution in [2.24, 2.45) is 0 Å². The summed E-state index contributed by atoms with van der Waals surface area (Å²) in [5.74, 6) is -0.368. The van der Waals surface area contributed by atoms with Crippen LogP contribution in [0.5, 0.6) is 0 Å². The Bertz CT molecular complexity index is 350. The number of ketones is 3. The topological polar surface area (TPSA) is 80.3 Å². The van der Waals surface area contributed by atoms with Gasteiger partial charge in [0.1, 0.15) is 5.25 Å². The number of hydrogen-bond acceptors (Lipinski definition) is 5. The number of amides is 1. The zero-order valence-corrected chi connectivity index (χ0v) is 10.6. The molecule has 0 aromatic heterocycles. The highest BCUT2D eigenvalue weighted by Crippen LogP contribution is 2.24. The average Bonchev–Trinajstić information content (AvgIpc) is 2.53. The van der Waals surface area contributed by atoms with Crippen molar-refractivity contribution in [1.82, 2.24) is 5.32 Å². The molecule has 5 nitrogen and oxygen atoms in total. The molecule has 17 heavy (non-hydrogen) atoms. The van der Waals surface area contributed by atoms with Crippen molar-refractivity contribution in [2.75, 3.05) is 5.75 Å². The first-order chi connectivity index (χ1) is 7.91. The fourth-order valence-electron chi connectivity index (χ4n) is 1.57. The first-order valence-corrected chi connectivity index (χ1v) is 6.41. The third kappa shape index (κ3) is 3.96. The van der Waals surface area contributed by atoms with E-state index in [1.807, 2.05) is 0 Å². The van der Waals surface area contributed by atoms with Crippen molar-refractivity contribution < 1.29 is 19.2 Å². The number of carbonyl (C=O) groups is 4. The predicted octanol–water partition coefficient (Wildman–Crippen LogP) is 0.114. The van der Waals surface area contributed by atoms with Gasteiger partial charge in [0.15, 0.2) is 17.3 Å². The van der Waals surface area contributed by atoms with Crippen molar-refractivity contribution in [2.45, 2.75) is 38.0 Å². The molecule has 94 valence electrons. The van der Waals surface area contributed by atoms with Crippen LogP contribution in [0, 0.1) is 0 Å². The normalized spacial score (nSPS) is 18.2. The van der Waals surface area contributed by atoms with E-state index in [-0.39, 0.29) is 29.0 Å². The van der Waals surface area contributed by atoms with E-state index >= 15 is 0 Å². The van der Waals surface area contributed by atoms with E-state index < -0.39 is 11.3 Å². The van der Waals surface area contributed by atoms with Crippen molar-refractivity contribution >= 4 is 35.0 Å². The summed E-state index contributed by atoms with van der Waals surface area (Å²) in [6.07, 6.45) is 0.586. The Kier molecular flexibility index (Phi) is 4.86. The maximum absolute atomic E-state index is 11.4. The Morgan fingerprint density at radius 2 is 1.82 bits per heavy atom. The number of Topliss-reactive ketones (excluding diaryl/α,β-unsaturated/α-hetero) is 3. The van der Waals surface area contributed by atoms with Gasteiger partial charge < -0.3 is 5.32 Å². The highest BCUT2D eigenvalue weighted by molar-refractivity contribution is 8.01. The van der Waals surface area contributed by atoms with Gasteiger partial charge in [-0.2, -0.15) is 0 Å². The quantitative estimate of drug-likeness (QED) is 0.707. The number of nitrogens with one attached hydrogen (secondary N) is 1. The summed E-state index contributed by atoms with van der Waals surface area (Å²) in [4.78, 5) is 44.9. The lowest BCUT2D eigenvalue weighted by molar-refractivity contribution is -0.125. The van der Waals surface area contributed by atoms with Gasteiger partial charge in [0.05, 0.1) is 6.04 Å². The van der Waals surface area contributed by atoms with Crippen LogP contribution in [-0.4, -0.2) is 40.3 Å². The van der Waals surface area contributed by atoms with Crippen molar-refractivity contribution in [3.8, 4) is 0 Å². The van der Waals surface area contributed by atoms with Crippen LogP contribution < -0.4 is 5.32 Å². The number of carbonyl (C=O) groups excluding carboxylic acids is 4.